The number of halogens is 2. The Kier molecular flexibility index (Phi) is 6.68. The molecule has 0 aliphatic rings. The summed E-state index contributed by atoms with van der Waals surface area (Å²) in [4.78, 5) is 23.7. The van der Waals surface area contributed by atoms with Gasteiger partial charge in [-0.25, -0.2) is 9.02 Å². The normalized spacial score (nSPS) is 11.4. The molecule has 1 heterocycles. The Morgan fingerprint density at radius 1 is 1.17 bits per heavy atom. The number of nitrogens with zero attached hydrogens (tertiary/aromatic N) is 3. The number of carbonyl (C=O) groups excluding carboxylic acids is 2. The Morgan fingerprint density at radius 3 is 2.53 bits per heavy atom. The molecule has 1 amide bonds. The number of hydrogen-bond donors (Lipinski definition) is 2. The van der Waals surface area contributed by atoms with E-state index < -0.39 is 5.82 Å². The van der Waals surface area contributed by atoms with Crippen LogP contribution in [0.3, 0.4) is 0 Å². The smallest absolute Gasteiger partial charge is 0.221 e. The zero-order chi connectivity index (χ0) is 21.7. The molecule has 0 spiro atoms. The number of carbonyl (C=O) groups is 2. The van der Waals surface area contributed by atoms with Crippen molar-refractivity contribution in [3.8, 4) is 0 Å². The highest BCUT2D eigenvalue weighted by Gasteiger charge is 2.21. The Morgan fingerprint density at radius 2 is 1.90 bits per heavy atom. The average Bonchev–Trinajstić information content (AvgIpc) is 3.16. The zero-order valence-electron chi connectivity index (χ0n) is 15.7. The lowest BCUT2D eigenvalue weighted by molar-refractivity contribution is -0.114. The van der Waals surface area contributed by atoms with Crippen LogP contribution in [0.2, 0.25) is 0 Å². The van der Waals surface area contributed by atoms with Crippen LogP contribution in [0.25, 0.3) is 0 Å². The second-order valence-electron chi connectivity index (χ2n) is 6.39. The van der Waals surface area contributed by atoms with Crippen molar-refractivity contribution in [1.82, 2.24) is 10.3 Å². The van der Waals surface area contributed by atoms with Crippen molar-refractivity contribution in [2.45, 2.75) is 19.8 Å². The quantitative estimate of drug-likeness (QED) is 0.233. The third-order valence-electron chi connectivity index (χ3n) is 4.16. The van der Waals surface area contributed by atoms with Crippen molar-refractivity contribution in [1.29, 1.82) is 0 Å². The Bertz CT molecular complexity index is 1110. The van der Waals surface area contributed by atoms with Gasteiger partial charge in [0, 0.05) is 24.6 Å². The molecule has 3 rings (SSSR count). The van der Waals surface area contributed by atoms with E-state index in [0.29, 0.717) is 16.8 Å². The van der Waals surface area contributed by atoms with Gasteiger partial charge in [0.15, 0.2) is 11.5 Å². The number of aromatic nitrogens is 2. The molecule has 2 N–H and O–H groups in total. The summed E-state index contributed by atoms with van der Waals surface area (Å²) in [6.07, 6.45) is -0.0132. The van der Waals surface area contributed by atoms with Crippen molar-refractivity contribution in [3.05, 3.63) is 75.3 Å². The lowest BCUT2D eigenvalue weighted by atomic mass is 10.0. The molecule has 10 heteroatoms. The number of benzene rings is 2. The van der Waals surface area contributed by atoms with Crippen LogP contribution in [0, 0.1) is 5.82 Å². The summed E-state index contributed by atoms with van der Waals surface area (Å²) in [5, 5.41) is 22.8. The van der Waals surface area contributed by atoms with Gasteiger partial charge in [0.2, 0.25) is 5.91 Å². The summed E-state index contributed by atoms with van der Waals surface area (Å²) in [5.74, 6) is -0.889. The highest BCUT2D eigenvalue weighted by molar-refractivity contribution is 9.10. The van der Waals surface area contributed by atoms with Crippen LogP contribution in [0.15, 0.2) is 56.7 Å². The summed E-state index contributed by atoms with van der Waals surface area (Å²) in [5.41, 5.74) is 2.11. The summed E-state index contributed by atoms with van der Waals surface area (Å²) in [7, 11) is 0. The minimum atomic E-state index is -0.417. The maximum absolute atomic E-state index is 13.4. The van der Waals surface area contributed by atoms with E-state index in [2.05, 4.69) is 36.7 Å². The number of nitrogens with one attached hydrogen (secondary N) is 1. The Labute approximate surface area is 178 Å². The summed E-state index contributed by atoms with van der Waals surface area (Å²) in [6, 6.07) is 10.8. The molecule has 30 heavy (non-hydrogen) atoms. The van der Waals surface area contributed by atoms with Crippen LogP contribution in [0.4, 0.5) is 10.1 Å². The maximum atomic E-state index is 13.4. The predicted octanol–water partition coefficient (Wildman–Crippen LogP) is 3.78. The van der Waals surface area contributed by atoms with Crippen LogP contribution in [0.1, 0.15) is 34.2 Å². The predicted molar refractivity (Wildman–Crippen MR) is 109 cm³/mol. The second-order valence-corrected chi connectivity index (χ2v) is 7.24. The third kappa shape index (κ3) is 5.15. The van der Waals surface area contributed by atoms with Crippen LogP contribution in [-0.2, 0) is 17.6 Å². The minimum Gasteiger partial charge on any atom is -0.411 e. The molecule has 1 aromatic heterocycles. The van der Waals surface area contributed by atoms with Crippen LogP contribution >= 0.6 is 15.9 Å². The van der Waals surface area contributed by atoms with Crippen molar-refractivity contribution >= 4 is 39.0 Å². The minimum absolute atomic E-state index is 0.121. The van der Waals surface area contributed by atoms with E-state index in [0.717, 1.165) is 0 Å². The summed E-state index contributed by atoms with van der Waals surface area (Å²) >= 11 is 3.11. The standard InChI is InChI=1S/C20H16BrFN4O4/c1-11(27)23-14-5-3-13(4-6-14)19(28)10-18-20(26-30-25-18)17(24-29)9-12-2-7-16(22)15(21)8-12/h2-8,29H,9-10H2,1H3,(H,23,27). The lowest BCUT2D eigenvalue weighted by Gasteiger charge is -2.05. The molecule has 0 radical (unpaired) electrons. The van der Waals surface area contributed by atoms with E-state index in [1.807, 2.05) is 0 Å². The van der Waals surface area contributed by atoms with Gasteiger partial charge < -0.3 is 10.5 Å². The first kappa shape index (κ1) is 21.3. The molecule has 8 nitrogen and oxygen atoms in total. The highest BCUT2D eigenvalue weighted by atomic mass is 79.9. The van der Waals surface area contributed by atoms with E-state index >= 15 is 0 Å². The lowest BCUT2D eigenvalue weighted by Crippen LogP contribution is -2.12. The largest absolute Gasteiger partial charge is 0.411 e. The molecule has 154 valence electrons. The fourth-order valence-electron chi connectivity index (χ4n) is 2.75. The van der Waals surface area contributed by atoms with Crippen molar-refractivity contribution in [3.63, 3.8) is 0 Å². The Hall–Kier alpha value is -3.40. The van der Waals surface area contributed by atoms with Crippen LogP contribution in [0.5, 0.6) is 0 Å². The van der Waals surface area contributed by atoms with Gasteiger partial charge in [-0.05, 0) is 63.0 Å². The first-order valence-corrected chi connectivity index (χ1v) is 9.54. The van der Waals surface area contributed by atoms with Crippen molar-refractivity contribution in [2.24, 2.45) is 5.16 Å². The average molecular weight is 475 g/mol. The van der Waals surface area contributed by atoms with Gasteiger partial charge in [-0.15, -0.1) is 0 Å². The molecule has 0 atom stereocenters. The van der Waals surface area contributed by atoms with Crippen molar-refractivity contribution < 1.29 is 23.8 Å². The fraction of sp³-hybridized carbons (Fsp3) is 0.150. The van der Waals surface area contributed by atoms with Gasteiger partial charge in [0.25, 0.3) is 0 Å². The van der Waals surface area contributed by atoms with Crippen LogP contribution < -0.4 is 5.32 Å². The molecule has 0 unspecified atom stereocenters. The molecule has 3 aromatic rings. The van der Waals surface area contributed by atoms with E-state index in [-0.39, 0.29) is 46.1 Å². The molecule has 0 saturated heterocycles. The number of ketones is 1. The maximum Gasteiger partial charge on any atom is 0.221 e. The number of Topliss-reactive ketones (excluding diaryl/α,β-unsaturated/α-hetero) is 1. The molecule has 0 bridgehead atoms. The van der Waals surface area contributed by atoms with Gasteiger partial charge >= 0.3 is 0 Å². The van der Waals surface area contributed by atoms with E-state index in [4.69, 9.17) is 4.63 Å². The van der Waals surface area contributed by atoms with Gasteiger partial charge in [-0.1, -0.05) is 16.4 Å². The summed E-state index contributed by atoms with van der Waals surface area (Å²) < 4.78 is 18.4. The highest BCUT2D eigenvalue weighted by Crippen LogP contribution is 2.19. The Balaban J connectivity index is 1.75. The summed E-state index contributed by atoms with van der Waals surface area (Å²) in [6.45, 7) is 1.39. The molecular formula is C20H16BrFN4O4. The number of rotatable bonds is 7. The molecular weight excluding hydrogens is 459 g/mol. The molecule has 2 aromatic carbocycles. The monoisotopic (exact) mass is 474 g/mol. The number of hydrogen-bond acceptors (Lipinski definition) is 7. The topological polar surface area (TPSA) is 118 Å². The molecule has 0 aliphatic heterocycles. The SMILES string of the molecule is CC(=O)Nc1ccc(C(=O)Cc2nonc2C(Cc2ccc(F)c(Br)c2)=NO)cc1. The molecule has 0 saturated carbocycles. The number of amides is 1. The van der Waals surface area contributed by atoms with Crippen LogP contribution in [-0.4, -0.2) is 32.9 Å². The molecule has 0 aliphatic carbocycles. The van der Waals surface area contributed by atoms with E-state index in [1.54, 1.807) is 36.4 Å². The first-order chi connectivity index (χ1) is 14.4. The first-order valence-electron chi connectivity index (χ1n) is 8.75. The van der Waals surface area contributed by atoms with E-state index in [9.17, 15) is 19.2 Å². The van der Waals surface area contributed by atoms with Gasteiger partial charge in [-0.2, -0.15) is 0 Å². The second kappa shape index (κ2) is 9.40. The molecule has 0 fully saturated rings. The van der Waals surface area contributed by atoms with E-state index in [1.165, 1.54) is 13.0 Å². The fourth-order valence-corrected chi connectivity index (χ4v) is 3.17. The number of anilines is 1. The van der Waals surface area contributed by atoms with Gasteiger partial charge in [0.1, 0.15) is 17.2 Å². The van der Waals surface area contributed by atoms with Gasteiger partial charge in [-0.3, -0.25) is 9.59 Å². The number of oxime groups is 1. The van der Waals surface area contributed by atoms with Gasteiger partial charge in [0.05, 0.1) is 10.9 Å². The zero-order valence-corrected chi connectivity index (χ0v) is 17.3. The van der Waals surface area contributed by atoms with Crippen molar-refractivity contribution in [2.75, 3.05) is 5.32 Å². The third-order valence-corrected chi connectivity index (χ3v) is 4.77.